The number of halogens is 4. The standard InChI is InChI=1S/C7H4BrF3OS/c8-5-2-1-4(13)3-6(5)12-7(9,10)11/h1-3,13H. The lowest BCUT2D eigenvalue weighted by atomic mass is 10.3. The minimum absolute atomic E-state index is 0.239. The summed E-state index contributed by atoms with van der Waals surface area (Å²) in [5.41, 5.74) is 0. The van der Waals surface area contributed by atoms with Gasteiger partial charge in [0.15, 0.2) is 0 Å². The fraction of sp³-hybridized carbons (Fsp3) is 0.143. The molecule has 0 fully saturated rings. The summed E-state index contributed by atoms with van der Waals surface area (Å²) in [6.45, 7) is 0. The highest BCUT2D eigenvalue weighted by atomic mass is 79.9. The monoisotopic (exact) mass is 272 g/mol. The van der Waals surface area contributed by atoms with Crippen molar-refractivity contribution in [2.24, 2.45) is 0 Å². The van der Waals surface area contributed by atoms with Gasteiger partial charge in [-0.15, -0.1) is 25.8 Å². The van der Waals surface area contributed by atoms with Gasteiger partial charge < -0.3 is 4.74 Å². The average Bonchev–Trinajstić information content (AvgIpc) is 1.94. The second-order valence-corrected chi connectivity index (χ2v) is 3.53. The molecular weight excluding hydrogens is 269 g/mol. The fourth-order valence-corrected chi connectivity index (χ4v) is 1.21. The minimum atomic E-state index is -4.68. The molecule has 0 saturated heterocycles. The Bertz CT molecular complexity index is 313. The smallest absolute Gasteiger partial charge is 0.405 e. The summed E-state index contributed by atoms with van der Waals surface area (Å²) in [6.07, 6.45) is -4.68. The minimum Gasteiger partial charge on any atom is -0.405 e. The van der Waals surface area contributed by atoms with Crippen LogP contribution in [0.5, 0.6) is 5.75 Å². The van der Waals surface area contributed by atoms with Crippen molar-refractivity contribution < 1.29 is 17.9 Å². The molecule has 1 nitrogen and oxygen atoms in total. The van der Waals surface area contributed by atoms with Gasteiger partial charge in [-0.1, -0.05) is 0 Å². The van der Waals surface area contributed by atoms with Crippen LogP contribution in [0.2, 0.25) is 0 Å². The first kappa shape index (κ1) is 10.7. The highest BCUT2D eigenvalue weighted by molar-refractivity contribution is 9.10. The number of ether oxygens (including phenoxy) is 1. The molecule has 0 heterocycles. The highest BCUT2D eigenvalue weighted by Crippen LogP contribution is 2.31. The molecule has 1 aromatic rings. The zero-order chi connectivity index (χ0) is 10.1. The normalized spacial score (nSPS) is 11.5. The van der Waals surface area contributed by atoms with E-state index in [0.717, 1.165) is 0 Å². The molecule has 0 N–H and O–H groups in total. The zero-order valence-corrected chi connectivity index (χ0v) is 8.58. The van der Waals surface area contributed by atoms with Crippen LogP contribution < -0.4 is 4.74 Å². The van der Waals surface area contributed by atoms with Gasteiger partial charge in [0.2, 0.25) is 0 Å². The van der Waals surface area contributed by atoms with Crippen molar-refractivity contribution in [3.8, 4) is 5.75 Å². The van der Waals surface area contributed by atoms with Crippen molar-refractivity contribution in [3.63, 3.8) is 0 Å². The van der Waals surface area contributed by atoms with E-state index in [4.69, 9.17) is 0 Å². The van der Waals surface area contributed by atoms with E-state index in [2.05, 4.69) is 33.3 Å². The van der Waals surface area contributed by atoms with Gasteiger partial charge in [-0.25, -0.2) is 0 Å². The van der Waals surface area contributed by atoms with Gasteiger partial charge in [-0.3, -0.25) is 0 Å². The molecule has 0 bridgehead atoms. The van der Waals surface area contributed by atoms with Gasteiger partial charge in [-0.2, -0.15) is 0 Å². The summed E-state index contributed by atoms with van der Waals surface area (Å²) in [5.74, 6) is -0.292. The lowest BCUT2D eigenvalue weighted by molar-refractivity contribution is -0.275. The summed E-state index contributed by atoms with van der Waals surface area (Å²) in [6, 6.07) is 4.17. The number of benzene rings is 1. The molecule has 0 spiro atoms. The Hall–Kier alpha value is -0.360. The zero-order valence-electron chi connectivity index (χ0n) is 6.10. The van der Waals surface area contributed by atoms with E-state index in [1.807, 2.05) is 0 Å². The Morgan fingerprint density at radius 3 is 2.46 bits per heavy atom. The van der Waals surface area contributed by atoms with Crippen molar-refractivity contribution in [1.82, 2.24) is 0 Å². The first-order valence-electron chi connectivity index (χ1n) is 3.13. The van der Waals surface area contributed by atoms with Crippen LogP contribution in [0.15, 0.2) is 27.6 Å². The second kappa shape index (κ2) is 3.79. The number of rotatable bonds is 1. The fourth-order valence-electron chi connectivity index (χ4n) is 0.695. The predicted molar refractivity (Wildman–Crippen MR) is 48.1 cm³/mol. The molecule has 0 amide bonds. The van der Waals surface area contributed by atoms with Crippen LogP contribution >= 0.6 is 28.6 Å². The third kappa shape index (κ3) is 3.48. The molecule has 0 aliphatic carbocycles. The van der Waals surface area contributed by atoms with E-state index in [-0.39, 0.29) is 10.2 Å². The van der Waals surface area contributed by atoms with Crippen LogP contribution in [-0.4, -0.2) is 6.36 Å². The van der Waals surface area contributed by atoms with Crippen LogP contribution in [0.1, 0.15) is 0 Å². The molecule has 0 saturated carbocycles. The summed E-state index contributed by atoms with van der Waals surface area (Å²) < 4.78 is 39.3. The first-order chi connectivity index (χ1) is 5.88. The second-order valence-electron chi connectivity index (χ2n) is 2.16. The topological polar surface area (TPSA) is 9.23 Å². The third-order valence-corrected chi connectivity index (χ3v) is 2.07. The SMILES string of the molecule is FC(F)(F)Oc1cc(S)ccc1Br. The Balaban J connectivity index is 2.94. The molecule has 13 heavy (non-hydrogen) atoms. The van der Waals surface area contributed by atoms with Crippen molar-refractivity contribution in [2.45, 2.75) is 11.3 Å². The first-order valence-corrected chi connectivity index (χ1v) is 4.37. The van der Waals surface area contributed by atoms with Crippen molar-refractivity contribution in [3.05, 3.63) is 22.7 Å². The Labute approximate surface area is 86.4 Å². The largest absolute Gasteiger partial charge is 0.573 e. The maximum atomic E-state index is 11.8. The van der Waals surface area contributed by atoms with Crippen LogP contribution in [0.4, 0.5) is 13.2 Å². The van der Waals surface area contributed by atoms with Crippen molar-refractivity contribution in [2.75, 3.05) is 0 Å². The average molecular weight is 273 g/mol. The lowest BCUT2D eigenvalue weighted by Crippen LogP contribution is -2.17. The molecule has 1 rings (SSSR count). The van der Waals surface area contributed by atoms with E-state index in [9.17, 15) is 13.2 Å². The summed E-state index contributed by atoms with van der Waals surface area (Å²) in [5, 5.41) is 0. The summed E-state index contributed by atoms with van der Waals surface area (Å²) >= 11 is 6.81. The van der Waals surface area contributed by atoms with E-state index < -0.39 is 6.36 Å². The summed E-state index contributed by atoms with van der Waals surface area (Å²) in [4.78, 5) is 0.405. The quantitative estimate of drug-likeness (QED) is 0.768. The number of alkyl halides is 3. The number of thiol groups is 1. The maximum absolute atomic E-state index is 11.8. The van der Waals surface area contributed by atoms with Crippen LogP contribution in [0.3, 0.4) is 0 Å². The third-order valence-electron chi connectivity index (χ3n) is 1.14. The van der Waals surface area contributed by atoms with Gasteiger partial charge >= 0.3 is 6.36 Å². The number of hydrogen-bond acceptors (Lipinski definition) is 2. The molecule has 0 aromatic heterocycles. The van der Waals surface area contributed by atoms with Gasteiger partial charge in [0.05, 0.1) is 4.47 Å². The Morgan fingerprint density at radius 1 is 1.31 bits per heavy atom. The van der Waals surface area contributed by atoms with Crippen molar-refractivity contribution in [1.29, 1.82) is 0 Å². The molecule has 6 heteroatoms. The predicted octanol–water partition coefficient (Wildman–Crippen LogP) is 3.64. The van der Waals surface area contributed by atoms with Gasteiger partial charge in [0.25, 0.3) is 0 Å². The van der Waals surface area contributed by atoms with Crippen LogP contribution in [-0.2, 0) is 0 Å². The summed E-state index contributed by atoms with van der Waals surface area (Å²) in [7, 11) is 0. The molecule has 0 aliphatic rings. The van der Waals surface area contributed by atoms with E-state index in [1.54, 1.807) is 6.07 Å². The molecule has 0 aliphatic heterocycles. The van der Waals surface area contributed by atoms with Gasteiger partial charge in [0, 0.05) is 4.90 Å². The Kier molecular flexibility index (Phi) is 3.13. The highest BCUT2D eigenvalue weighted by Gasteiger charge is 2.31. The molecule has 0 unspecified atom stereocenters. The molecule has 72 valence electrons. The van der Waals surface area contributed by atoms with Crippen molar-refractivity contribution >= 4 is 28.6 Å². The van der Waals surface area contributed by atoms with Crippen LogP contribution in [0, 0.1) is 0 Å². The molecule has 1 aromatic carbocycles. The van der Waals surface area contributed by atoms with Gasteiger partial charge in [-0.05, 0) is 34.1 Å². The van der Waals surface area contributed by atoms with E-state index >= 15 is 0 Å². The number of hydrogen-bond donors (Lipinski definition) is 1. The van der Waals surface area contributed by atoms with E-state index in [1.165, 1.54) is 12.1 Å². The van der Waals surface area contributed by atoms with Gasteiger partial charge in [0.1, 0.15) is 5.75 Å². The van der Waals surface area contributed by atoms with E-state index in [0.29, 0.717) is 4.90 Å². The van der Waals surface area contributed by atoms with Crippen LogP contribution in [0.25, 0.3) is 0 Å². The maximum Gasteiger partial charge on any atom is 0.573 e. The molecule has 0 atom stereocenters. The molecular formula is C7H4BrF3OS. The molecule has 0 radical (unpaired) electrons. The Morgan fingerprint density at radius 2 is 1.92 bits per heavy atom. The lowest BCUT2D eigenvalue weighted by Gasteiger charge is -2.10.